The van der Waals surface area contributed by atoms with Gasteiger partial charge < -0.3 is 5.32 Å². The third-order valence-corrected chi connectivity index (χ3v) is 5.22. The van der Waals surface area contributed by atoms with Crippen molar-refractivity contribution in [2.24, 2.45) is 5.41 Å². The molecule has 0 fully saturated rings. The van der Waals surface area contributed by atoms with Crippen LogP contribution >= 0.6 is 0 Å². The number of H-pyrrole nitrogens is 1. The molecule has 2 heterocycles. The number of hydrogen-bond acceptors (Lipinski definition) is 3. The highest BCUT2D eigenvalue weighted by Gasteiger charge is 2.49. The molecule has 0 saturated heterocycles. The summed E-state index contributed by atoms with van der Waals surface area (Å²) in [6.07, 6.45) is 1.20. The van der Waals surface area contributed by atoms with Gasteiger partial charge >= 0.3 is 0 Å². The van der Waals surface area contributed by atoms with Crippen LogP contribution in [-0.4, -0.2) is 16.0 Å². The van der Waals surface area contributed by atoms with Crippen molar-refractivity contribution in [3.63, 3.8) is 0 Å². The number of ketones is 1. The van der Waals surface area contributed by atoms with Crippen LogP contribution in [0.2, 0.25) is 0 Å². The van der Waals surface area contributed by atoms with Crippen LogP contribution < -0.4 is 5.32 Å². The molecule has 2 N–H and O–H groups in total. The zero-order chi connectivity index (χ0) is 17.1. The standard InChI is InChI=1S/C19H20FN3O/c1-18(2)9-12-14(13(24)10-18)19(3,11-7-5-4-6-8-11)15-16(20)22-23-17(15)21-12/h4-8H,9-10H2,1-3H3,(H2,21,22,23). The molecule has 0 saturated carbocycles. The van der Waals surface area contributed by atoms with Gasteiger partial charge in [-0.3, -0.25) is 9.89 Å². The molecule has 24 heavy (non-hydrogen) atoms. The Balaban J connectivity index is 2.02. The van der Waals surface area contributed by atoms with Crippen molar-refractivity contribution in [1.82, 2.24) is 10.2 Å². The number of carbonyl (C=O) groups is 1. The molecule has 0 radical (unpaired) electrons. The van der Waals surface area contributed by atoms with Crippen LogP contribution in [0.1, 0.15) is 44.7 Å². The lowest BCUT2D eigenvalue weighted by molar-refractivity contribution is -0.118. The number of anilines is 1. The lowest BCUT2D eigenvalue weighted by Gasteiger charge is -2.43. The van der Waals surface area contributed by atoms with Crippen LogP contribution in [0.3, 0.4) is 0 Å². The first-order valence-corrected chi connectivity index (χ1v) is 8.17. The average Bonchev–Trinajstić information content (AvgIpc) is 2.88. The fraction of sp³-hybridized carbons (Fsp3) is 0.368. The highest BCUT2D eigenvalue weighted by Crippen LogP contribution is 2.52. The molecule has 124 valence electrons. The Bertz CT molecular complexity index is 866. The molecule has 1 aromatic heterocycles. The number of benzene rings is 1. The van der Waals surface area contributed by atoms with Crippen LogP contribution in [0, 0.1) is 11.4 Å². The van der Waals surface area contributed by atoms with Gasteiger partial charge in [0.25, 0.3) is 0 Å². The van der Waals surface area contributed by atoms with Gasteiger partial charge in [0, 0.05) is 17.7 Å². The molecule has 5 heteroatoms. The summed E-state index contributed by atoms with van der Waals surface area (Å²) < 4.78 is 14.6. The molecule has 4 nitrogen and oxygen atoms in total. The number of Topliss-reactive ketones (excluding diaryl/α,β-unsaturated/α-hetero) is 1. The van der Waals surface area contributed by atoms with Crippen molar-refractivity contribution >= 4 is 11.6 Å². The third-order valence-electron chi connectivity index (χ3n) is 5.22. The van der Waals surface area contributed by atoms with E-state index >= 15 is 0 Å². The fourth-order valence-electron chi connectivity index (χ4n) is 4.20. The minimum absolute atomic E-state index is 0.0753. The Morgan fingerprint density at radius 2 is 1.83 bits per heavy atom. The van der Waals surface area contributed by atoms with Crippen LogP contribution in [0.5, 0.6) is 0 Å². The van der Waals surface area contributed by atoms with Crippen LogP contribution in [0.15, 0.2) is 41.6 Å². The van der Waals surface area contributed by atoms with E-state index in [1.54, 1.807) is 0 Å². The zero-order valence-electron chi connectivity index (χ0n) is 14.0. The van der Waals surface area contributed by atoms with E-state index in [9.17, 15) is 9.18 Å². The maximum atomic E-state index is 14.6. The Hall–Kier alpha value is -2.43. The molecular weight excluding hydrogens is 305 g/mol. The fourth-order valence-corrected chi connectivity index (χ4v) is 4.20. The van der Waals surface area contributed by atoms with Crippen LogP contribution in [0.4, 0.5) is 10.2 Å². The normalized spacial score (nSPS) is 25.1. The summed E-state index contributed by atoms with van der Waals surface area (Å²) in [5.41, 5.74) is 1.88. The summed E-state index contributed by atoms with van der Waals surface area (Å²) in [6.45, 7) is 6.08. The van der Waals surface area contributed by atoms with Gasteiger partial charge in [0.1, 0.15) is 0 Å². The maximum absolute atomic E-state index is 14.6. The molecule has 1 aliphatic heterocycles. The quantitative estimate of drug-likeness (QED) is 0.835. The first kappa shape index (κ1) is 15.1. The number of halogens is 1. The predicted molar refractivity (Wildman–Crippen MR) is 90.1 cm³/mol. The number of hydrogen-bond donors (Lipinski definition) is 2. The van der Waals surface area contributed by atoms with E-state index < -0.39 is 11.4 Å². The number of nitrogens with one attached hydrogen (secondary N) is 2. The second kappa shape index (κ2) is 4.79. The molecular formula is C19H20FN3O. The smallest absolute Gasteiger partial charge is 0.215 e. The minimum Gasteiger partial charge on any atom is -0.342 e. The van der Waals surface area contributed by atoms with E-state index in [1.807, 2.05) is 37.3 Å². The molecule has 0 spiro atoms. The van der Waals surface area contributed by atoms with Crippen molar-refractivity contribution in [2.45, 2.75) is 39.0 Å². The Morgan fingerprint density at radius 1 is 1.12 bits per heavy atom. The number of carbonyl (C=O) groups excluding carboxylic acids is 1. The van der Waals surface area contributed by atoms with Crippen LogP contribution in [-0.2, 0) is 10.2 Å². The van der Waals surface area contributed by atoms with Gasteiger partial charge in [0.05, 0.1) is 11.0 Å². The van der Waals surface area contributed by atoms with Gasteiger partial charge in [-0.25, -0.2) is 0 Å². The SMILES string of the molecule is CC1(C)CC(=O)C2=C(C1)Nc1n[nH]c(F)c1C2(C)c1ccccc1. The van der Waals surface area contributed by atoms with Crippen molar-refractivity contribution in [2.75, 3.05) is 5.32 Å². The number of aromatic nitrogens is 2. The van der Waals surface area contributed by atoms with E-state index in [1.165, 1.54) is 0 Å². The summed E-state index contributed by atoms with van der Waals surface area (Å²) in [4.78, 5) is 13.0. The van der Waals surface area contributed by atoms with E-state index in [0.29, 0.717) is 23.4 Å². The van der Waals surface area contributed by atoms with Gasteiger partial charge in [0.15, 0.2) is 11.6 Å². The number of rotatable bonds is 1. The molecule has 1 aromatic carbocycles. The molecule has 1 unspecified atom stereocenters. The molecule has 0 bridgehead atoms. The van der Waals surface area contributed by atoms with E-state index in [2.05, 4.69) is 29.4 Å². The van der Waals surface area contributed by atoms with E-state index in [-0.39, 0.29) is 11.2 Å². The number of allylic oxidation sites excluding steroid dienone is 2. The number of aromatic amines is 1. The first-order valence-electron chi connectivity index (χ1n) is 8.17. The maximum Gasteiger partial charge on any atom is 0.215 e. The van der Waals surface area contributed by atoms with Crippen LogP contribution in [0.25, 0.3) is 0 Å². The first-order chi connectivity index (χ1) is 11.3. The Kier molecular flexibility index (Phi) is 3.02. The minimum atomic E-state index is -0.845. The Morgan fingerprint density at radius 3 is 2.54 bits per heavy atom. The number of fused-ring (bicyclic) bond motifs is 1. The van der Waals surface area contributed by atoms with Gasteiger partial charge in [0.2, 0.25) is 5.95 Å². The van der Waals surface area contributed by atoms with Gasteiger partial charge in [-0.1, -0.05) is 44.2 Å². The Labute approximate surface area is 140 Å². The van der Waals surface area contributed by atoms with Crippen molar-refractivity contribution in [3.8, 4) is 0 Å². The second-order valence-corrected chi connectivity index (χ2v) is 7.67. The predicted octanol–water partition coefficient (Wildman–Crippen LogP) is 3.92. The summed E-state index contributed by atoms with van der Waals surface area (Å²) in [7, 11) is 0. The summed E-state index contributed by atoms with van der Waals surface area (Å²) >= 11 is 0. The van der Waals surface area contributed by atoms with Gasteiger partial charge in [-0.15, -0.1) is 0 Å². The molecule has 4 rings (SSSR count). The largest absolute Gasteiger partial charge is 0.342 e. The number of nitrogens with zero attached hydrogens (tertiary/aromatic N) is 1. The van der Waals surface area contributed by atoms with Gasteiger partial charge in [-0.2, -0.15) is 9.49 Å². The zero-order valence-corrected chi connectivity index (χ0v) is 14.0. The lowest BCUT2D eigenvalue weighted by atomic mass is 9.62. The summed E-state index contributed by atoms with van der Waals surface area (Å²) in [5.74, 6) is 0.0579. The molecule has 2 aliphatic rings. The molecule has 0 amide bonds. The molecule has 1 atom stereocenters. The summed E-state index contributed by atoms with van der Waals surface area (Å²) in [5, 5.41) is 9.72. The van der Waals surface area contributed by atoms with E-state index in [0.717, 1.165) is 17.7 Å². The summed E-state index contributed by atoms with van der Waals surface area (Å²) in [6, 6.07) is 9.63. The highest BCUT2D eigenvalue weighted by atomic mass is 19.1. The van der Waals surface area contributed by atoms with Crippen molar-refractivity contribution in [1.29, 1.82) is 0 Å². The van der Waals surface area contributed by atoms with Crippen molar-refractivity contribution in [3.05, 3.63) is 58.7 Å². The van der Waals surface area contributed by atoms with Crippen molar-refractivity contribution < 1.29 is 9.18 Å². The van der Waals surface area contributed by atoms with Gasteiger partial charge in [-0.05, 0) is 24.3 Å². The third kappa shape index (κ3) is 1.97. The molecule has 1 aliphatic carbocycles. The second-order valence-electron chi connectivity index (χ2n) is 7.67. The highest BCUT2D eigenvalue weighted by molar-refractivity contribution is 6.02. The molecule has 2 aromatic rings. The van der Waals surface area contributed by atoms with E-state index in [4.69, 9.17) is 0 Å². The average molecular weight is 325 g/mol. The monoisotopic (exact) mass is 325 g/mol. The topological polar surface area (TPSA) is 57.8 Å². The lowest BCUT2D eigenvalue weighted by Crippen LogP contribution is -2.42.